The molecule has 0 saturated heterocycles. The van der Waals surface area contributed by atoms with Crippen LogP contribution in [0.15, 0.2) is 36.4 Å². The van der Waals surface area contributed by atoms with E-state index < -0.39 is 10.7 Å². The molecular formula is C13H12FN3O3. The molecule has 0 bridgehead atoms. The van der Waals surface area contributed by atoms with Gasteiger partial charge in [0.15, 0.2) is 0 Å². The standard InChI is InChI=1S/C13H12FN3O3/c1-20-13-4-2-3-10(16-13)8-15-11-7-9(14)5-6-12(11)17(18)19/h2-7,15H,8H2,1H3. The van der Waals surface area contributed by atoms with Crippen molar-refractivity contribution in [3.63, 3.8) is 0 Å². The van der Waals surface area contributed by atoms with E-state index in [1.807, 2.05) is 0 Å². The molecule has 2 aromatic rings. The zero-order valence-electron chi connectivity index (χ0n) is 10.7. The normalized spacial score (nSPS) is 10.1. The zero-order valence-corrected chi connectivity index (χ0v) is 10.7. The Morgan fingerprint density at radius 2 is 2.20 bits per heavy atom. The number of pyridine rings is 1. The van der Waals surface area contributed by atoms with E-state index in [1.54, 1.807) is 18.2 Å². The van der Waals surface area contributed by atoms with Crippen molar-refractivity contribution in [3.05, 3.63) is 58.0 Å². The highest BCUT2D eigenvalue weighted by Gasteiger charge is 2.14. The number of methoxy groups -OCH3 is 1. The quantitative estimate of drug-likeness (QED) is 0.671. The van der Waals surface area contributed by atoms with Gasteiger partial charge in [-0.2, -0.15) is 0 Å². The fraction of sp³-hybridized carbons (Fsp3) is 0.154. The summed E-state index contributed by atoms with van der Waals surface area (Å²) in [4.78, 5) is 14.4. The average molecular weight is 277 g/mol. The van der Waals surface area contributed by atoms with Crippen LogP contribution in [0.1, 0.15) is 5.69 Å². The van der Waals surface area contributed by atoms with E-state index in [0.29, 0.717) is 11.6 Å². The van der Waals surface area contributed by atoms with E-state index in [4.69, 9.17) is 4.74 Å². The van der Waals surface area contributed by atoms with Crippen molar-refractivity contribution in [2.75, 3.05) is 12.4 Å². The fourth-order valence-corrected chi connectivity index (χ4v) is 1.66. The van der Waals surface area contributed by atoms with Gasteiger partial charge in [0.25, 0.3) is 5.69 Å². The minimum Gasteiger partial charge on any atom is -0.481 e. The van der Waals surface area contributed by atoms with Crippen molar-refractivity contribution < 1.29 is 14.1 Å². The molecule has 0 fully saturated rings. The summed E-state index contributed by atoms with van der Waals surface area (Å²) < 4.78 is 18.1. The molecule has 1 N–H and O–H groups in total. The van der Waals surface area contributed by atoms with Crippen molar-refractivity contribution >= 4 is 11.4 Å². The molecule has 0 saturated carbocycles. The predicted octanol–water partition coefficient (Wildman–Crippen LogP) is 2.75. The molecule has 0 spiro atoms. The smallest absolute Gasteiger partial charge is 0.292 e. The fourth-order valence-electron chi connectivity index (χ4n) is 1.66. The highest BCUT2D eigenvalue weighted by molar-refractivity contribution is 5.61. The Labute approximate surface area is 114 Å². The van der Waals surface area contributed by atoms with Gasteiger partial charge in [-0.3, -0.25) is 10.1 Å². The largest absolute Gasteiger partial charge is 0.481 e. The Balaban J connectivity index is 2.17. The molecular weight excluding hydrogens is 265 g/mol. The molecule has 0 aliphatic rings. The molecule has 0 atom stereocenters. The minimum atomic E-state index is -0.569. The van der Waals surface area contributed by atoms with Gasteiger partial charge >= 0.3 is 0 Å². The first-order valence-electron chi connectivity index (χ1n) is 5.78. The molecule has 0 aliphatic heterocycles. The number of benzene rings is 1. The van der Waals surface area contributed by atoms with Gasteiger partial charge in [-0.05, 0) is 12.1 Å². The van der Waals surface area contributed by atoms with E-state index in [9.17, 15) is 14.5 Å². The number of hydrogen-bond donors (Lipinski definition) is 1. The van der Waals surface area contributed by atoms with E-state index >= 15 is 0 Å². The summed E-state index contributed by atoms with van der Waals surface area (Å²) in [6, 6.07) is 8.43. The van der Waals surface area contributed by atoms with Crippen LogP contribution in [-0.4, -0.2) is 17.0 Å². The topological polar surface area (TPSA) is 77.3 Å². The van der Waals surface area contributed by atoms with Crippen molar-refractivity contribution in [2.45, 2.75) is 6.54 Å². The Hall–Kier alpha value is -2.70. The number of ether oxygens (including phenoxy) is 1. The van der Waals surface area contributed by atoms with Gasteiger partial charge < -0.3 is 10.1 Å². The van der Waals surface area contributed by atoms with Crippen LogP contribution in [0, 0.1) is 15.9 Å². The molecule has 2 rings (SSSR count). The third-order valence-electron chi connectivity index (χ3n) is 2.61. The van der Waals surface area contributed by atoms with Gasteiger partial charge in [-0.1, -0.05) is 6.07 Å². The number of nitro groups is 1. The van der Waals surface area contributed by atoms with Crippen molar-refractivity contribution in [1.82, 2.24) is 4.98 Å². The highest BCUT2D eigenvalue weighted by atomic mass is 19.1. The van der Waals surface area contributed by atoms with Gasteiger partial charge in [0, 0.05) is 18.2 Å². The highest BCUT2D eigenvalue weighted by Crippen LogP contribution is 2.25. The average Bonchev–Trinajstić information content (AvgIpc) is 2.45. The number of anilines is 1. The van der Waals surface area contributed by atoms with E-state index in [0.717, 1.165) is 18.2 Å². The van der Waals surface area contributed by atoms with E-state index in [1.165, 1.54) is 7.11 Å². The lowest BCUT2D eigenvalue weighted by atomic mass is 10.2. The zero-order chi connectivity index (χ0) is 14.5. The maximum atomic E-state index is 13.2. The number of nitrogens with one attached hydrogen (secondary N) is 1. The number of hydrogen-bond acceptors (Lipinski definition) is 5. The summed E-state index contributed by atoms with van der Waals surface area (Å²) in [5.41, 5.74) is 0.553. The molecule has 7 heteroatoms. The molecule has 1 heterocycles. The van der Waals surface area contributed by atoms with Crippen LogP contribution in [0.2, 0.25) is 0 Å². The number of aromatic nitrogens is 1. The van der Waals surface area contributed by atoms with Crippen LogP contribution in [0.3, 0.4) is 0 Å². The lowest BCUT2D eigenvalue weighted by Crippen LogP contribution is -2.05. The van der Waals surface area contributed by atoms with Crippen LogP contribution < -0.4 is 10.1 Å². The molecule has 104 valence electrons. The van der Waals surface area contributed by atoms with Crippen LogP contribution in [0.25, 0.3) is 0 Å². The van der Waals surface area contributed by atoms with Crippen molar-refractivity contribution in [1.29, 1.82) is 0 Å². The van der Waals surface area contributed by atoms with Crippen molar-refractivity contribution in [2.24, 2.45) is 0 Å². The van der Waals surface area contributed by atoms with E-state index in [2.05, 4.69) is 10.3 Å². The molecule has 0 radical (unpaired) electrons. The summed E-state index contributed by atoms with van der Waals surface area (Å²) in [6.07, 6.45) is 0. The minimum absolute atomic E-state index is 0.111. The number of nitrogens with zero attached hydrogens (tertiary/aromatic N) is 2. The van der Waals surface area contributed by atoms with Gasteiger partial charge in [0.2, 0.25) is 5.88 Å². The summed E-state index contributed by atoms with van der Waals surface area (Å²) in [6.45, 7) is 0.224. The van der Waals surface area contributed by atoms with Gasteiger partial charge in [0.05, 0.1) is 24.3 Å². The van der Waals surface area contributed by atoms with Crippen molar-refractivity contribution in [3.8, 4) is 5.88 Å². The Morgan fingerprint density at radius 1 is 1.40 bits per heavy atom. The predicted molar refractivity (Wildman–Crippen MR) is 71.2 cm³/mol. The molecule has 0 aliphatic carbocycles. The SMILES string of the molecule is COc1cccc(CNc2cc(F)ccc2[N+](=O)[O-])n1. The van der Waals surface area contributed by atoms with Gasteiger partial charge in [-0.15, -0.1) is 0 Å². The molecule has 0 unspecified atom stereocenters. The first kappa shape index (κ1) is 13.7. The molecule has 20 heavy (non-hydrogen) atoms. The first-order chi connectivity index (χ1) is 9.60. The van der Waals surface area contributed by atoms with Crippen LogP contribution in [-0.2, 0) is 6.54 Å². The second-order valence-electron chi connectivity index (χ2n) is 3.94. The summed E-state index contributed by atoms with van der Waals surface area (Å²) in [7, 11) is 1.50. The maximum absolute atomic E-state index is 13.2. The third kappa shape index (κ3) is 3.19. The summed E-state index contributed by atoms with van der Waals surface area (Å²) >= 11 is 0. The van der Waals surface area contributed by atoms with Crippen LogP contribution in [0.5, 0.6) is 5.88 Å². The Kier molecular flexibility index (Phi) is 4.09. The Bertz CT molecular complexity index is 634. The molecule has 0 amide bonds. The number of rotatable bonds is 5. The van der Waals surface area contributed by atoms with Crippen LogP contribution >= 0.6 is 0 Å². The Morgan fingerprint density at radius 3 is 2.90 bits per heavy atom. The monoisotopic (exact) mass is 277 g/mol. The number of halogens is 1. The first-order valence-corrected chi connectivity index (χ1v) is 5.78. The molecule has 1 aromatic carbocycles. The molecule has 1 aromatic heterocycles. The summed E-state index contributed by atoms with van der Waals surface area (Å²) in [5.74, 6) is -0.102. The van der Waals surface area contributed by atoms with Crippen LogP contribution in [0.4, 0.5) is 15.8 Å². The van der Waals surface area contributed by atoms with Gasteiger partial charge in [0.1, 0.15) is 11.5 Å². The van der Waals surface area contributed by atoms with E-state index in [-0.39, 0.29) is 17.9 Å². The second kappa shape index (κ2) is 5.96. The van der Waals surface area contributed by atoms with Gasteiger partial charge in [-0.25, -0.2) is 9.37 Å². The lowest BCUT2D eigenvalue weighted by Gasteiger charge is -2.07. The molecule has 6 nitrogen and oxygen atoms in total. The number of nitro benzene ring substituents is 1. The lowest BCUT2D eigenvalue weighted by molar-refractivity contribution is -0.384. The maximum Gasteiger partial charge on any atom is 0.292 e. The second-order valence-corrected chi connectivity index (χ2v) is 3.94. The summed E-state index contributed by atoms with van der Waals surface area (Å²) in [5, 5.41) is 13.7. The third-order valence-corrected chi connectivity index (χ3v) is 2.61.